The third kappa shape index (κ3) is 3.05. The summed E-state index contributed by atoms with van der Waals surface area (Å²) in [6, 6.07) is 8.77. The second kappa shape index (κ2) is 5.29. The Bertz CT molecular complexity index is 484. The van der Waals surface area contributed by atoms with Crippen LogP contribution in [0.3, 0.4) is 0 Å². The molecule has 1 atom stereocenters. The number of aromatic hydroxyl groups is 1. The molecule has 2 nitrogen and oxygen atoms in total. The van der Waals surface area contributed by atoms with Crippen molar-refractivity contribution in [3.8, 4) is 5.75 Å². The highest BCUT2D eigenvalue weighted by Crippen LogP contribution is 2.20. The second-order valence-electron chi connectivity index (χ2n) is 3.90. The summed E-state index contributed by atoms with van der Waals surface area (Å²) in [6.07, 6.45) is 0. The van der Waals surface area contributed by atoms with Crippen LogP contribution in [0.4, 0.5) is 4.39 Å². The summed E-state index contributed by atoms with van der Waals surface area (Å²) in [7, 11) is 0. The van der Waals surface area contributed by atoms with Crippen molar-refractivity contribution in [2.24, 2.45) is 0 Å². The van der Waals surface area contributed by atoms with Crippen LogP contribution in [0.25, 0.3) is 0 Å². The zero-order valence-electron chi connectivity index (χ0n) is 9.48. The highest BCUT2D eigenvalue weighted by molar-refractivity contribution is 7.10. The van der Waals surface area contributed by atoms with Crippen molar-refractivity contribution in [1.82, 2.24) is 5.32 Å². The first kappa shape index (κ1) is 12.1. The Balaban J connectivity index is 1.96. The molecule has 2 aromatic rings. The topological polar surface area (TPSA) is 32.3 Å². The molecule has 0 amide bonds. The van der Waals surface area contributed by atoms with Crippen LogP contribution in [0, 0.1) is 5.82 Å². The second-order valence-corrected chi connectivity index (χ2v) is 4.88. The van der Waals surface area contributed by atoms with E-state index >= 15 is 0 Å². The van der Waals surface area contributed by atoms with E-state index in [1.54, 1.807) is 17.4 Å². The molecule has 17 heavy (non-hydrogen) atoms. The van der Waals surface area contributed by atoms with Crippen LogP contribution in [0.15, 0.2) is 35.7 Å². The van der Waals surface area contributed by atoms with E-state index in [1.807, 2.05) is 11.4 Å². The molecule has 0 saturated carbocycles. The van der Waals surface area contributed by atoms with Gasteiger partial charge in [0.05, 0.1) is 0 Å². The Labute approximate surface area is 104 Å². The van der Waals surface area contributed by atoms with E-state index in [9.17, 15) is 4.39 Å². The van der Waals surface area contributed by atoms with Crippen molar-refractivity contribution in [3.05, 3.63) is 52.0 Å². The fourth-order valence-electron chi connectivity index (χ4n) is 1.57. The maximum Gasteiger partial charge on any atom is 0.165 e. The maximum absolute atomic E-state index is 13.1. The first-order valence-corrected chi connectivity index (χ1v) is 6.29. The number of rotatable bonds is 4. The molecule has 0 bridgehead atoms. The molecular formula is C13H14FNOS. The molecule has 1 aromatic carbocycles. The van der Waals surface area contributed by atoms with Crippen LogP contribution in [0.5, 0.6) is 5.75 Å². The predicted octanol–water partition coefficient (Wildman–Crippen LogP) is 3.44. The number of hydrogen-bond donors (Lipinski definition) is 2. The van der Waals surface area contributed by atoms with E-state index in [0.29, 0.717) is 6.54 Å². The number of phenolic OH excluding ortho intramolecular Hbond substituents is 1. The summed E-state index contributed by atoms with van der Waals surface area (Å²) < 4.78 is 13.1. The standard InChI is InChI=1S/C13H14FNOS/c1-9(13-3-2-6-17-13)15-8-10-4-5-12(16)11(14)7-10/h2-7,9,15-16H,8H2,1H3. The number of thiophene rings is 1. The van der Waals surface area contributed by atoms with Crippen molar-refractivity contribution < 1.29 is 9.50 Å². The third-order valence-corrected chi connectivity index (χ3v) is 3.65. The molecule has 0 saturated heterocycles. The summed E-state index contributed by atoms with van der Waals surface area (Å²) in [5.41, 5.74) is 0.823. The fourth-order valence-corrected chi connectivity index (χ4v) is 2.33. The summed E-state index contributed by atoms with van der Waals surface area (Å²) in [5.74, 6) is -0.881. The number of phenols is 1. The van der Waals surface area contributed by atoms with Gasteiger partial charge in [-0.25, -0.2) is 4.39 Å². The van der Waals surface area contributed by atoms with Gasteiger partial charge in [0.25, 0.3) is 0 Å². The van der Waals surface area contributed by atoms with Crippen molar-refractivity contribution in [1.29, 1.82) is 0 Å². The highest BCUT2D eigenvalue weighted by Gasteiger charge is 2.06. The fraction of sp³-hybridized carbons (Fsp3) is 0.231. The molecule has 4 heteroatoms. The van der Waals surface area contributed by atoms with E-state index in [4.69, 9.17) is 5.11 Å². The first-order valence-electron chi connectivity index (χ1n) is 5.41. The van der Waals surface area contributed by atoms with Crippen LogP contribution in [0.2, 0.25) is 0 Å². The molecule has 1 heterocycles. The van der Waals surface area contributed by atoms with Gasteiger partial charge in [0.15, 0.2) is 11.6 Å². The van der Waals surface area contributed by atoms with E-state index in [2.05, 4.69) is 18.3 Å². The third-order valence-electron chi connectivity index (χ3n) is 2.59. The Morgan fingerprint density at radius 1 is 1.41 bits per heavy atom. The largest absolute Gasteiger partial charge is 0.505 e. The monoisotopic (exact) mass is 251 g/mol. The van der Waals surface area contributed by atoms with E-state index in [-0.39, 0.29) is 11.8 Å². The van der Waals surface area contributed by atoms with Gasteiger partial charge in [-0.05, 0) is 36.1 Å². The molecule has 0 aliphatic heterocycles. The molecule has 0 fully saturated rings. The van der Waals surface area contributed by atoms with Gasteiger partial charge in [-0.2, -0.15) is 0 Å². The van der Waals surface area contributed by atoms with Crippen LogP contribution in [0.1, 0.15) is 23.4 Å². The lowest BCUT2D eigenvalue weighted by Gasteiger charge is -2.12. The van der Waals surface area contributed by atoms with Gasteiger partial charge in [-0.1, -0.05) is 12.1 Å². The average molecular weight is 251 g/mol. The number of nitrogens with one attached hydrogen (secondary N) is 1. The molecule has 1 unspecified atom stereocenters. The molecule has 90 valence electrons. The zero-order chi connectivity index (χ0) is 12.3. The molecule has 0 radical (unpaired) electrons. The summed E-state index contributed by atoms with van der Waals surface area (Å²) in [4.78, 5) is 1.25. The van der Waals surface area contributed by atoms with Gasteiger partial charge in [0.1, 0.15) is 0 Å². The zero-order valence-corrected chi connectivity index (χ0v) is 10.3. The lowest BCUT2D eigenvalue weighted by molar-refractivity contribution is 0.431. The van der Waals surface area contributed by atoms with E-state index < -0.39 is 5.82 Å². The lowest BCUT2D eigenvalue weighted by atomic mass is 10.2. The molecule has 1 aromatic heterocycles. The minimum atomic E-state index is -0.576. The summed E-state index contributed by atoms with van der Waals surface area (Å²) >= 11 is 1.70. The van der Waals surface area contributed by atoms with Crippen LogP contribution < -0.4 is 5.32 Å². The Hall–Kier alpha value is -1.39. The molecule has 0 spiro atoms. The lowest BCUT2D eigenvalue weighted by Crippen LogP contribution is -2.17. The van der Waals surface area contributed by atoms with Gasteiger partial charge >= 0.3 is 0 Å². The maximum atomic E-state index is 13.1. The minimum absolute atomic E-state index is 0.242. The van der Waals surface area contributed by atoms with Gasteiger partial charge in [0.2, 0.25) is 0 Å². The SMILES string of the molecule is CC(NCc1ccc(O)c(F)c1)c1cccs1. The number of benzene rings is 1. The van der Waals surface area contributed by atoms with Crippen molar-refractivity contribution >= 4 is 11.3 Å². The number of halogens is 1. The summed E-state index contributed by atoms with van der Waals surface area (Å²) in [6.45, 7) is 2.65. The number of hydrogen-bond acceptors (Lipinski definition) is 3. The van der Waals surface area contributed by atoms with Crippen molar-refractivity contribution in [2.75, 3.05) is 0 Å². The molecule has 0 aliphatic rings. The Morgan fingerprint density at radius 3 is 2.88 bits per heavy atom. The minimum Gasteiger partial charge on any atom is -0.505 e. The van der Waals surface area contributed by atoms with Crippen molar-refractivity contribution in [3.63, 3.8) is 0 Å². The predicted molar refractivity (Wildman–Crippen MR) is 67.6 cm³/mol. The molecule has 0 aliphatic carbocycles. The van der Waals surface area contributed by atoms with E-state index in [1.165, 1.54) is 17.0 Å². The van der Waals surface area contributed by atoms with Crippen LogP contribution >= 0.6 is 11.3 Å². The smallest absolute Gasteiger partial charge is 0.165 e. The molecule has 2 N–H and O–H groups in total. The normalized spacial score (nSPS) is 12.6. The van der Waals surface area contributed by atoms with Crippen LogP contribution in [-0.4, -0.2) is 5.11 Å². The molecule has 2 rings (SSSR count). The van der Waals surface area contributed by atoms with Gasteiger partial charge < -0.3 is 10.4 Å². The Kier molecular flexibility index (Phi) is 3.76. The quantitative estimate of drug-likeness (QED) is 0.872. The van der Waals surface area contributed by atoms with Gasteiger partial charge in [0, 0.05) is 17.5 Å². The van der Waals surface area contributed by atoms with Crippen molar-refractivity contribution in [2.45, 2.75) is 19.5 Å². The average Bonchev–Trinajstić information content (AvgIpc) is 2.84. The van der Waals surface area contributed by atoms with E-state index in [0.717, 1.165) is 5.56 Å². The van der Waals surface area contributed by atoms with Gasteiger partial charge in [-0.15, -0.1) is 11.3 Å². The first-order chi connectivity index (χ1) is 8.16. The van der Waals surface area contributed by atoms with Crippen LogP contribution in [-0.2, 0) is 6.54 Å². The highest BCUT2D eigenvalue weighted by atomic mass is 32.1. The van der Waals surface area contributed by atoms with Gasteiger partial charge in [-0.3, -0.25) is 0 Å². The Morgan fingerprint density at radius 2 is 2.24 bits per heavy atom. The summed E-state index contributed by atoms with van der Waals surface area (Å²) in [5, 5.41) is 14.4. The molecular weight excluding hydrogens is 237 g/mol.